The van der Waals surface area contributed by atoms with Crippen LogP contribution in [0.4, 0.5) is 4.79 Å². The van der Waals surface area contributed by atoms with Gasteiger partial charge >= 0.3 is 6.09 Å². The topological polar surface area (TPSA) is 38.3 Å². The predicted molar refractivity (Wildman–Crippen MR) is 58.0 cm³/mol. The standard InChI is InChI=1S/C12H11NO2/c14-12-13-9-11(15-12)8-4-7-10-5-2-1-3-6-10/h1-8H,9H2,(H,13,14). The third-order valence-corrected chi connectivity index (χ3v) is 2.00. The number of cyclic esters (lactones) is 1. The number of ether oxygens (including phenoxy) is 1. The Balaban J connectivity index is 1.98. The monoisotopic (exact) mass is 201 g/mol. The largest absolute Gasteiger partial charge is 0.413 e. The molecule has 0 aromatic heterocycles. The molecule has 0 unspecified atom stereocenters. The van der Waals surface area contributed by atoms with Gasteiger partial charge in [-0.1, -0.05) is 42.5 Å². The number of allylic oxidation sites excluding steroid dienone is 2. The van der Waals surface area contributed by atoms with Crippen molar-refractivity contribution in [1.29, 1.82) is 0 Å². The van der Waals surface area contributed by atoms with Gasteiger partial charge in [-0.25, -0.2) is 4.79 Å². The van der Waals surface area contributed by atoms with Gasteiger partial charge in [0, 0.05) is 0 Å². The Morgan fingerprint density at radius 3 is 2.73 bits per heavy atom. The van der Waals surface area contributed by atoms with E-state index in [9.17, 15) is 4.79 Å². The van der Waals surface area contributed by atoms with Crippen molar-refractivity contribution < 1.29 is 9.53 Å². The second-order valence-electron chi connectivity index (χ2n) is 3.15. The van der Waals surface area contributed by atoms with Crippen LogP contribution >= 0.6 is 0 Å². The molecule has 0 aliphatic carbocycles. The molecule has 1 fully saturated rings. The van der Waals surface area contributed by atoms with Gasteiger partial charge in [-0.05, 0) is 11.6 Å². The molecule has 76 valence electrons. The molecule has 0 atom stereocenters. The Hall–Kier alpha value is -2.03. The van der Waals surface area contributed by atoms with E-state index in [4.69, 9.17) is 4.74 Å². The van der Waals surface area contributed by atoms with Gasteiger partial charge in [0.05, 0.1) is 6.54 Å². The summed E-state index contributed by atoms with van der Waals surface area (Å²) in [4.78, 5) is 10.7. The molecule has 0 bridgehead atoms. The first kappa shape index (κ1) is 9.52. The van der Waals surface area contributed by atoms with Crippen LogP contribution in [0.3, 0.4) is 0 Å². The summed E-state index contributed by atoms with van der Waals surface area (Å²) >= 11 is 0. The molecule has 1 aromatic carbocycles. The van der Waals surface area contributed by atoms with Crippen LogP contribution in [-0.4, -0.2) is 12.6 Å². The van der Waals surface area contributed by atoms with Crippen LogP contribution in [-0.2, 0) is 4.74 Å². The second kappa shape index (κ2) is 4.46. The van der Waals surface area contributed by atoms with Crippen LogP contribution in [0.2, 0.25) is 0 Å². The quantitative estimate of drug-likeness (QED) is 0.797. The smallest absolute Gasteiger partial charge is 0.412 e. The van der Waals surface area contributed by atoms with E-state index in [0.717, 1.165) is 5.56 Å². The number of nitrogens with one attached hydrogen (secondary N) is 1. The molecule has 3 heteroatoms. The van der Waals surface area contributed by atoms with Crippen molar-refractivity contribution in [3.8, 4) is 0 Å². The van der Waals surface area contributed by atoms with Gasteiger partial charge in [-0.2, -0.15) is 0 Å². The molecular weight excluding hydrogens is 190 g/mol. The SMILES string of the molecule is O=C1NCC(=CC=Cc2ccccc2)O1. The Kier molecular flexibility index (Phi) is 2.83. The zero-order valence-electron chi connectivity index (χ0n) is 8.14. The van der Waals surface area contributed by atoms with Crippen molar-refractivity contribution in [3.05, 3.63) is 53.8 Å². The molecule has 0 radical (unpaired) electrons. The number of benzene rings is 1. The van der Waals surface area contributed by atoms with Crippen LogP contribution in [0.5, 0.6) is 0 Å². The lowest BCUT2D eigenvalue weighted by atomic mass is 10.2. The Bertz CT molecular complexity index is 407. The first-order chi connectivity index (χ1) is 7.34. The summed E-state index contributed by atoms with van der Waals surface area (Å²) in [6, 6.07) is 9.94. The van der Waals surface area contributed by atoms with Crippen LogP contribution < -0.4 is 5.32 Å². The summed E-state index contributed by atoms with van der Waals surface area (Å²) in [6.45, 7) is 0.470. The van der Waals surface area contributed by atoms with Crippen molar-refractivity contribution >= 4 is 12.2 Å². The summed E-state index contributed by atoms with van der Waals surface area (Å²) in [5.74, 6) is 0.646. The van der Waals surface area contributed by atoms with Crippen LogP contribution in [0.1, 0.15) is 5.56 Å². The van der Waals surface area contributed by atoms with Gasteiger partial charge in [0.15, 0.2) is 0 Å². The number of alkyl carbamates (subject to hydrolysis) is 1. The average Bonchev–Trinajstić information content (AvgIpc) is 2.66. The molecular formula is C12H11NO2. The van der Waals surface area contributed by atoms with E-state index in [-0.39, 0.29) is 6.09 Å². The molecule has 1 aliphatic heterocycles. The fraction of sp³-hybridized carbons (Fsp3) is 0.0833. The Morgan fingerprint density at radius 1 is 1.27 bits per heavy atom. The van der Waals surface area contributed by atoms with Crippen molar-refractivity contribution in [2.24, 2.45) is 0 Å². The first-order valence-electron chi connectivity index (χ1n) is 4.72. The predicted octanol–water partition coefficient (Wildman–Crippen LogP) is 2.32. The van der Waals surface area contributed by atoms with Gasteiger partial charge in [-0.3, -0.25) is 0 Å². The van der Waals surface area contributed by atoms with Gasteiger partial charge in [-0.15, -0.1) is 0 Å². The minimum atomic E-state index is -0.380. The Morgan fingerprint density at radius 2 is 2.07 bits per heavy atom. The van der Waals surface area contributed by atoms with E-state index >= 15 is 0 Å². The van der Waals surface area contributed by atoms with Crippen molar-refractivity contribution in [2.75, 3.05) is 6.54 Å². The first-order valence-corrected chi connectivity index (χ1v) is 4.72. The van der Waals surface area contributed by atoms with Crippen molar-refractivity contribution in [1.82, 2.24) is 5.32 Å². The van der Waals surface area contributed by atoms with Crippen molar-refractivity contribution in [3.63, 3.8) is 0 Å². The summed E-state index contributed by atoms with van der Waals surface area (Å²) in [7, 11) is 0. The van der Waals surface area contributed by atoms with E-state index in [1.54, 1.807) is 6.08 Å². The second-order valence-corrected chi connectivity index (χ2v) is 3.15. The van der Waals surface area contributed by atoms with E-state index < -0.39 is 0 Å². The zero-order valence-corrected chi connectivity index (χ0v) is 8.14. The maximum atomic E-state index is 10.7. The summed E-state index contributed by atoms with van der Waals surface area (Å²) in [5, 5.41) is 2.55. The molecule has 1 N–H and O–H groups in total. The van der Waals surface area contributed by atoms with Gasteiger partial charge < -0.3 is 10.1 Å². The molecule has 0 spiro atoms. The van der Waals surface area contributed by atoms with Crippen LogP contribution in [0.15, 0.2) is 48.2 Å². The highest BCUT2D eigenvalue weighted by Crippen LogP contribution is 2.06. The lowest BCUT2D eigenvalue weighted by molar-refractivity contribution is 0.195. The van der Waals surface area contributed by atoms with E-state index in [1.165, 1.54) is 0 Å². The highest BCUT2D eigenvalue weighted by molar-refractivity contribution is 5.71. The summed E-state index contributed by atoms with van der Waals surface area (Å²) < 4.78 is 4.86. The number of hydrogen-bond acceptors (Lipinski definition) is 2. The molecule has 3 nitrogen and oxygen atoms in total. The fourth-order valence-electron chi connectivity index (χ4n) is 1.27. The van der Waals surface area contributed by atoms with Crippen LogP contribution in [0, 0.1) is 0 Å². The van der Waals surface area contributed by atoms with E-state index in [1.807, 2.05) is 42.5 Å². The molecule has 2 rings (SSSR count). The van der Waals surface area contributed by atoms with Gasteiger partial charge in [0.1, 0.15) is 5.76 Å². The summed E-state index contributed by atoms with van der Waals surface area (Å²) in [5.41, 5.74) is 1.12. The maximum Gasteiger partial charge on any atom is 0.412 e. The molecule has 0 saturated carbocycles. The number of amides is 1. The number of carbonyl (C=O) groups is 1. The van der Waals surface area contributed by atoms with Crippen LogP contribution in [0.25, 0.3) is 6.08 Å². The average molecular weight is 201 g/mol. The Labute approximate surface area is 88.1 Å². The number of rotatable bonds is 2. The molecule has 1 amide bonds. The molecule has 15 heavy (non-hydrogen) atoms. The number of carbonyl (C=O) groups excluding carboxylic acids is 1. The lowest BCUT2D eigenvalue weighted by Gasteiger charge is -1.91. The van der Waals surface area contributed by atoms with Gasteiger partial charge in [0.2, 0.25) is 0 Å². The highest BCUT2D eigenvalue weighted by Gasteiger charge is 2.13. The highest BCUT2D eigenvalue weighted by atomic mass is 16.6. The van der Waals surface area contributed by atoms with Crippen molar-refractivity contribution in [2.45, 2.75) is 0 Å². The molecule has 1 saturated heterocycles. The zero-order chi connectivity index (χ0) is 10.5. The third kappa shape index (κ3) is 2.71. The third-order valence-electron chi connectivity index (χ3n) is 2.00. The summed E-state index contributed by atoms with van der Waals surface area (Å²) in [6.07, 6.45) is 5.23. The maximum absolute atomic E-state index is 10.7. The van der Waals surface area contributed by atoms with Gasteiger partial charge in [0.25, 0.3) is 0 Å². The fourth-order valence-corrected chi connectivity index (χ4v) is 1.27. The minimum absolute atomic E-state index is 0.380. The lowest BCUT2D eigenvalue weighted by Crippen LogP contribution is -2.11. The number of hydrogen-bond donors (Lipinski definition) is 1. The molecule has 1 aromatic rings. The molecule has 1 aliphatic rings. The normalized spacial score (nSPS) is 18.1. The molecule has 1 heterocycles. The van der Waals surface area contributed by atoms with E-state index in [0.29, 0.717) is 12.3 Å². The minimum Gasteiger partial charge on any atom is -0.413 e. The van der Waals surface area contributed by atoms with E-state index in [2.05, 4.69) is 5.32 Å².